The average Bonchev–Trinajstić information content (AvgIpc) is 2.89. The van der Waals surface area contributed by atoms with E-state index in [-0.39, 0.29) is 12.5 Å². The van der Waals surface area contributed by atoms with E-state index in [2.05, 4.69) is 23.5 Å². The number of thioether (sulfide) groups is 1. The van der Waals surface area contributed by atoms with Crippen LogP contribution in [0.25, 0.3) is 0 Å². The van der Waals surface area contributed by atoms with Crippen LogP contribution < -0.4 is 9.62 Å². The van der Waals surface area contributed by atoms with Gasteiger partial charge in [-0.3, -0.25) is 9.10 Å². The Bertz CT molecular complexity index is 1530. The molecule has 1 N–H and O–H groups in total. The van der Waals surface area contributed by atoms with Crippen LogP contribution in [-0.4, -0.2) is 20.6 Å². The minimum atomic E-state index is -3.49. The van der Waals surface area contributed by atoms with Crippen LogP contribution in [0, 0.1) is 20.8 Å². The zero-order valence-corrected chi connectivity index (χ0v) is 23.7. The molecule has 0 saturated heterocycles. The standard InChI is InChI=1S/C31H32N2O3S2/c1-22-10-16-28(19-23(22)2)33(38(4,35)36)20-25-11-14-27(15-12-25)31(34)32-30-17-13-26(18-24(30)3)21-37-29-8-6-5-7-9-29/h5-19H,20-21H2,1-4H3,(H,32,34). The topological polar surface area (TPSA) is 66.5 Å². The highest BCUT2D eigenvalue weighted by Crippen LogP contribution is 2.26. The van der Waals surface area contributed by atoms with Crippen LogP contribution in [0.3, 0.4) is 0 Å². The molecule has 4 rings (SSSR count). The van der Waals surface area contributed by atoms with Gasteiger partial charge in [0.2, 0.25) is 10.0 Å². The molecule has 0 aliphatic carbocycles. The lowest BCUT2D eigenvalue weighted by molar-refractivity contribution is 0.102. The zero-order chi connectivity index (χ0) is 27.3. The van der Waals surface area contributed by atoms with Gasteiger partial charge in [0.1, 0.15) is 0 Å². The van der Waals surface area contributed by atoms with Gasteiger partial charge in [-0.25, -0.2) is 8.42 Å². The first-order valence-electron chi connectivity index (χ1n) is 12.3. The highest BCUT2D eigenvalue weighted by Gasteiger charge is 2.19. The van der Waals surface area contributed by atoms with Crippen molar-refractivity contribution in [2.24, 2.45) is 0 Å². The van der Waals surface area contributed by atoms with Gasteiger partial charge >= 0.3 is 0 Å². The van der Waals surface area contributed by atoms with Gasteiger partial charge in [-0.2, -0.15) is 0 Å². The van der Waals surface area contributed by atoms with Crippen molar-refractivity contribution in [3.05, 3.63) is 124 Å². The third-order valence-corrected chi connectivity index (χ3v) is 8.63. The van der Waals surface area contributed by atoms with Crippen molar-refractivity contribution in [3.8, 4) is 0 Å². The Morgan fingerprint density at radius 3 is 2.11 bits per heavy atom. The third-order valence-electron chi connectivity index (χ3n) is 6.41. The molecule has 0 fully saturated rings. The summed E-state index contributed by atoms with van der Waals surface area (Å²) in [7, 11) is -3.49. The van der Waals surface area contributed by atoms with E-state index in [1.807, 2.05) is 69.3 Å². The van der Waals surface area contributed by atoms with Crippen molar-refractivity contribution >= 4 is 39.1 Å². The molecule has 0 heterocycles. The maximum Gasteiger partial charge on any atom is 0.255 e. The number of carbonyl (C=O) groups is 1. The first-order chi connectivity index (χ1) is 18.1. The Morgan fingerprint density at radius 2 is 1.47 bits per heavy atom. The van der Waals surface area contributed by atoms with E-state index in [1.165, 1.54) is 21.0 Å². The second-order valence-electron chi connectivity index (χ2n) is 9.44. The lowest BCUT2D eigenvalue weighted by atomic mass is 10.1. The Kier molecular flexibility index (Phi) is 8.59. The van der Waals surface area contributed by atoms with E-state index in [4.69, 9.17) is 0 Å². The molecule has 5 nitrogen and oxygen atoms in total. The van der Waals surface area contributed by atoms with Gasteiger partial charge in [-0.1, -0.05) is 48.5 Å². The maximum absolute atomic E-state index is 12.9. The number of anilines is 2. The van der Waals surface area contributed by atoms with E-state index in [1.54, 1.807) is 36.0 Å². The summed E-state index contributed by atoms with van der Waals surface area (Å²) in [6, 6.07) is 29.0. The van der Waals surface area contributed by atoms with Crippen LogP contribution in [0.15, 0.2) is 95.9 Å². The molecule has 0 unspecified atom stereocenters. The van der Waals surface area contributed by atoms with Crippen molar-refractivity contribution in [2.45, 2.75) is 38.0 Å². The molecule has 38 heavy (non-hydrogen) atoms. The predicted molar refractivity (Wildman–Crippen MR) is 159 cm³/mol. The van der Waals surface area contributed by atoms with E-state index in [0.29, 0.717) is 11.3 Å². The number of rotatable bonds is 9. The molecule has 196 valence electrons. The maximum atomic E-state index is 12.9. The van der Waals surface area contributed by atoms with Crippen molar-refractivity contribution in [3.63, 3.8) is 0 Å². The van der Waals surface area contributed by atoms with Crippen LogP contribution in [0.2, 0.25) is 0 Å². The fourth-order valence-corrected chi connectivity index (χ4v) is 5.78. The number of nitrogens with zero attached hydrogens (tertiary/aromatic N) is 1. The first kappa shape index (κ1) is 27.5. The molecule has 7 heteroatoms. The number of sulfonamides is 1. The van der Waals surface area contributed by atoms with Crippen LogP contribution in [0.1, 0.15) is 38.2 Å². The number of hydrogen-bond acceptors (Lipinski definition) is 4. The van der Waals surface area contributed by atoms with E-state index in [0.717, 1.165) is 33.7 Å². The second-order valence-corrected chi connectivity index (χ2v) is 12.4. The first-order valence-corrected chi connectivity index (χ1v) is 15.2. The highest BCUT2D eigenvalue weighted by molar-refractivity contribution is 7.98. The van der Waals surface area contributed by atoms with Gasteiger partial charge in [-0.15, -0.1) is 11.8 Å². The quantitative estimate of drug-likeness (QED) is 0.228. The molecule has 0 aliphatic rings. The minimum Gasteiger partial charge on any atom is -0.322 e. The Labute approximate surface area is 230 Å². The Morgan fingerprint density at radius 1 is 0.789 bits per heavy atom. The number of benzene rings is 4. The molecule has 0 bridgehead atoms. The Balaban J connectivity index is 1.41. The number of carbonyl (C=O) groups excluding carboxylic acids is 1. The molecule has 0 radical (unpaired) electrons. The monoisotopic (exact) mass is 544 g/mol. The SMILES string of the molecule is Cc1ccc(N(Cc2ccc(C(=O)Nc3ccc(CSc4ccccc4)cc3C)cc2)S(C)(=O)=O)cc1C. The molecule has 4 aromatic carbocycles. The molecular weight excluding hydrogens is 512 g/mol. The van der Waals surface area contributed by atoms with Crippen molar-refractivity contribution < 1.29 is 13.2 Å². The number of hydrogen-bond donors (Lipinski definition) is 1. The van der Waals surface area contributed by atoms with E-state index in [9.17, 15) is 13.2 Å². The lowest BCUT2D eigenvalue weighted by Gasteiger charge is -2.23. The fraction of sp³-hybridized carbons (Fsp3) is 0.194. The van der Waals surface area contributed by atoms with Crippen LogP contribution in [0.4, 0.5) is 11.4 Å². The fourth-order valence-electron chi connectivity index (χ4n) is 4.04. The summed E-state index contributed by atoms with van der Waals surface area (Å²) in [4.78, 5) is 14.1. The van der Waals surface area contributed by atoms with Gasteiger partial charge < -0.3 is 5.32 Å². The largest absolute Gasteiger partial charge is 0.322 e. The summed E-state index contributed by atoms with van der Waals surface area (Å²) in [5.41, 5.74) is 7.02. The molecule has 0 saturated carbocycles. The van der Waals surface area contributed by atoms with Gasteiger partial charge in [0.15, 0.2) is 0 Å². The lowest BCUT2D eigenvalue weighted by Crippen LogP contribution is -2.29. The number of aryl methyl sites for hydroxylation is 3. The smallest absolute Gasteiger partial charge is 0.255 e. The van der Waals surface area contributed by atoms with Gasteiger partial charge in [0.25, 0.3) is 5.91 Å². The Hall–Kier alpha value is -3.55. The average molecular weight is 545 g/mol. The van der Waals surface area contributed by atoms with E-state index >= 15 is 0 Å². The summed E-state index contributed by atoms with van der Waals surface area (Å²) in [6.07, 6.45) is 1.21. The third kappa shape index (κ3) is 7.05. The summed E-state index contributed by atoms with van der Waals surface area (Å²) in [6.45, 7) is 6.13. The molecule has 0 spiro atoms. The molecule has 4 aromatic rings. The van der Waals surface area contributed by atoms with Crippen molar-refractivity contribution in [1.29, 1.82) is 0 Å². The summed E-state index contributed by atoms with van der Waals surface area (Å²) in [5.74, 6) is 0.646. The number of amides is 1. The van der Waals surface area contributed by atoms with Crippen LogP contribution in [0.5, 0.6) is 0 Å². The van der Waals surface area contributed by atoms with Crippen molar-refractivity contribution in [2.75, 3.05) is 15.9 Å². The van der Waals surface area contributed by atoms with Gasteiger partial charge in [0, 0.05) is 21.9 Å². The summed E-state index contributed by atoms with van der Waals surface area (Å²) < 4.78 is 26.5. The molecule has 0 aromatic heterocycles. The second kappa shape index (κ2) is 11.9. The molecule has 0 atom stereocenters. The van der Waals surface area contributed by atoms with Gasteiger partial charge in [-0.05, 0) is 91.1 Å². The molecule has 0 aliphatic heterocycles. The summed E-state index contributed by atoms with van der Waals surface area (Å²) in [5, 5.41) is 3.00. The normalized spacial score (nSPS) is 11.3. The van der Waals surface area contributed by atoms with Crippen LogP contribution >= 0.6 is 11.8 Å². The minimum absolute atomic E-state index is 0.185. The molecule has 1 amide bonds. The molecular formula is C31H32N2O3S2. The van der Waals surface area contributed by atoms with Gasteiger partial charge in [0.05, 0.1) is 18.5 Å². The zero-order valence-electron chi connectivity index (χ0n) is 22.1. The predicted octanol–water partition coefficient (Wildman–Crippen LogP) is 7.12. The van der Waals surface area contributed by atoms with Crippen LogP contribution in [-0.2, 0) is 22.3 Å². The highest BCUT2D eigenvalue weighted by atomic mass is 32.2. The van der Waals surface area contributed by atoms with Crippen molar-refractivity contribution in [1.82, 2.24) is 0 Å². The van der Waals surface area contributed by atoms with E-state index < -0.39 is 10.0 Å². The summed E-state index contributed by atoms with van der Waals surface area (Å²) >= 11 is 1.78. The number of nitrogens with one attached hydrogen (secondary N) is 1.